The van der Waals surface area contributed by atoms with Gasteiger partial charge in [0.15, 0.2) is 0 Å². The summed E-state index contributed by atoms with van der Waals surface area (Å²) in [5.74, 6) is 1.32. The third kappa shape index (κ3) is 2.08. The highest BCUT2D eigenvalue weighted by atomic mass is 16.3. The van der Waals surface area contributed by atoms with Crippen LogP contribution in [-0.4, -0.2) is 14.7 Å². The number of rotatable bonds is 3. The van der Waals surface area contributed by atoms with E-state index in [0.717, 1.165) is 29.0 Å². The van der Waals surface area contributed by atoms with Crippen molar-refractivity contribution in [2.24, 2.45) is 0 Å². The van der Waals surface area contributed by atoms with Gasteiger partial charge in [0.05, 0.1) is 11.0 Å². The van der Waals surface area contributed by atoms with Crippen LogP contribution in [0.5, 0.6) is 5.75 Å². The normalized spacial score (nSPS) is 11.0. The van der Waals surface area contributed by atoms with E-state index in [2.05, 4.69) is 22.5 Å². The largest absolute Gasteiger partial charge is 0.508 e. The Bertz CT molecular complexity index is 716. The molecule has 0 aliphatic carbocycles. The molecule has 0 unspecified atom stereocenters. The lowest BCUT2D eigenvalue weighted by Crippen LogP contribution is -2.02. The molecule has 0 radical (unpaired) electrons. The number of aromatic hydroxyl groups is 1. The van der Waals surface area contributed by atoms with Gasteiger partial charge in [0.1, 0.15) is 11.6 Å². The molecule has 3 aromatic rings. The molecule has 0 saturated carbocycles. The van der Waals surface area contributed by atoms with Gasteiger partial charge in [-0.25, -0.2) is 4.98 Å². The number of benzene rings is 2. The van der Waals surface area contributed by atoms with E-state index in [-0.39, 0.29) is 0 Å². The Hall–Kier alpha value is -2.29. The second kappa shape index (κ2) is 4.76. The van der Waals surface area contributed by atoms with Crippen LogP contribution in [-0.2, 0) is 13.0 Å². The van der Waals surface area contributed by atoms with Gasteiger partial charge >= 0.3 is 0 Å². The Labute approximate surface area is 112 Å². The lowest BCUT2D eigenvalue weighted by atomic mass is 10.1. The lowest BCUT2D eigenvalue weighted by molar-refractivity contribution is 0.468. The van der Waals surface area contributed by atoms with E-state index in [1.807, 2.05) is 36.4 Å². The second-order valence-corrected chi connectivity index (χ2v) is 4.57. The predicted octanol–water partition coefficient (Wildman–Crippen LogP) is 3.35. The van der Waals surface area contributed by atoms with Crippen molar-refractivity contribution in [3.8, 4) is 5.75 Å². The number of imidazole rings is 1. The molecule has 19 heavy (non-hydrogen) atoms. The Morgan fingerprint density at radius 2 is 1.79 bits per heavy atom. The number of aromatic nitrogens is 2. The first-order valence-electron chi connectivity index (χ1n) is 6.50. The van der Waals surface area contributed by atoms with Crippen LogP contribution in [0.15, 0.2) is 48.5 Å². The third-order valence-electron chi connectivity index (χ3n) is 3.39. The van der Waals surface area contributed by atoms with Crippen molar-refractivity contribution in [1.29, 1.82) is 0 Å². The van der Waals surface area contributed by atoms with Crippen molar-refractivity contribution in [1.82, 2.24) is 9.55 Å². The van der Waals surface area contributed by atoms with Gasteiger partial charge in [-0.2, -0.15) is 0 Å². The standard InChI is InChI=1S/C16H16N2O/c1-2-18-14-9-5-4-8-13(14)17-16(18)11-12-7-3-6-10-15(12)19/h3-10,19H,2,11H2,1H3. The topological polar surface area (TPSA) is 38.0 Å². The summed E-state index contributed by atoms with van der Waals surface area (Å²) in [5.41, 5.74) is 3.07. The van der Waals surface area contributed by atoms with Crippen molar-refractivity contribution in [2.75, 3.05) is 0 Å². The predicted molar refractivity (Wildman–Crippen MR) is 76.3 cm³/mol. The van der Waals surface area contributed by atoms with Crippen molar-refractivity contribution >= 4 is 11.0 Å². The molecule has 2 aromatic carbocycles. The van der Waals surface area contributed by atoms with E-state index in [0.29, 0.717) is 12.2 Å². The van der Waals surface area contributed by atoms with E-state index in [9.17, 15) is 5.11 Å². The first-order chi connectivity index (χ1) is 9.29. The summed E-state index contributed by atoms with van der Waals surface area (Å²) < 4.78 is 2.20. The summed E-state index contributed by atoms with van der Waals surface area (Å²) in [6.45, 7) is 2.99. The van der Waals surface area contributed by atoms with Crippen LogP contribution in [0.25, 0.3) is 11.0 Å². The summed E-state index contributed by atoms with van der Waals surface area (Å²) >= 11 is 0. The minimum absolute atomic E-state index is 0.331. The van der Waals surface area contributed by atoms with Gasteiger partial charge < -0.3 is 9.67 Å². The highest BCUT2D eigenvalue weighted by Crippen LogP contribution is 2.22. The minimum Gasteiger partial charge on any atom is -0.508 e. The van der Waals surface area contributed by atoms with Crippen molar-refractivity contribution in [3.05, 3.63) is 59.9 Å². The minimum atomic E-state index is 0.331. The smallest absolute Gasteiger partial charge is 0.119 e. The van der Waals surface area contributed by atoms with Gasteiger partial charge in [-0.05, 0) is 25.1 Å². The van der Waals surface area contributed by atoms with Crippen LogP contribution in [0, 0.1) is 0 Å². The first kappa shape index (κ1) is 11.8. The Kier molecular flexibility index (Phi) is 2.95. The van der Waals surface area contributed by atoms with Gasteiger partial charge in [0.25, 0.3) is 0 Å². The zero-order valence-corrected chi connectivity index (χ0v) is 10.9. The summed E-state index contributed by atoms with van der Waals surface area (Å²) in [6, 6.07) is 15.6. The third-order valence-corrected chi connectivity index (χ3v) is 3.39. The lowest BCUT2D eigenvalue weighted by Gasteiger charge is -2.07. The number of phenols is 1. The molecule has 1 N–H and O–H groups in total. The highest BCUT2D eigenvalue weighted by Gasteiger charge is 2.11. The fourth-order valence-electron chi connectivity index (χ4n) is 2.44. The van der Waals surface area contributed by atoms with Crippen LogP contribution in [0.4, 0.5) is 0 Å². The van der Waals surface area contributed by atoms with Gasteiger partial charge in [0.2, 0.25) is 0 Å². The van der Waals surface area contributed by atoms with Gasteiger partial charge in [-0.1, -0.05) is 30.3 Å². The average Bonchev–Trinajstić information content (AvgIpc) is 2.78. The zero-order valence-electron chi connectivity index (χ0n) is 10.9. The fraction of sp³-hybridized carbons (Fsp3) is 0.188. The Morgan fingerprint density at radius 1 is 1.05 bits per heavy atom. The number of fused-ring (bicyclic) bond motifs is 1. The molecule has 1 heterocycles. The van der Waals surface area contributed by atoms with Gasteiger partial charge in [0, 0.05) is 18.5 Å². The molecule has 0 amide bonds. The maximum Gasteiger partial charge on any atom is 0.119 e. The molecule has 96 valence electrons. The van der Waals surface area contributed by atoms with Gasteiger partial charge in [-0.15, -0.1) is 0 Å². The molecular formula is C16H16N2O. The number of phenolic OH excluding ortho intramolecular Hbond substituents is 1. The second-order valence-electron chi connectivity index (χ2n) is 4.57. The van der Waals surface area contributed by atoms with Crippen LogP contribution in [0.3, 0.4) is 0 Å². The average molecular weight is 252 g/mol. The number of nitrogens with zero attached hydrogens (tertiary/aromatic N) is 2. The van der Waals surface area contributed by atoms with E-state index >= 15 is 0 Å². The highest BCUT2D eigenvalue weighted by molar-refractivity contribution is 5.76. The SMILES string of the molecule is CCn1c(Cc2ccccc2O)nc2ccccc21. The van der Waals surface area contributed by atoms with Crippen LogP contribution in [0.2, 0.25) is 0 Å². The van der Waals surface area contributed by atoms with Gasteiger partial charge in [-0.3, -0.25) is 0 Å². The molecule has 3 nitrogen and oxygen atoms in total. The molecule has 0 saturated heterocycles. The molecule has 0 atom stereocenters. The molecule has 0 fully saturated rings. The van der Waals surface area contributed by atoms with Crippen LogP contribution >= 0.6 is 0 Å². The Balaban J connectivity index is 2.08. The quantitative estimate of drug-likeness (QED) is 0.776. The molecular weight excluding hydrogens is 236 g/mol. The summed E-state index contributed by atoms with van der Waals surface area (Å²) in [5, 5.41) is 9.87. The maximum absolute atomic E-state index is 9.87. The number of para-hydroxylation sites is 3. The molecule has 0 aliphatic rings. The maximum atomic E-state index is 9.87. The van der Waals surface area contributed by atoms with E-state index in [4.69, 9.17) is 0 Å². The van der Waals surface area contributed by atoms with Crippen LogP contribution < -0.4 is 0 Å². The van der Waals surface area contributed by atoms with Crippen LogP contribution in [0.1, 0.15) is 18.3 Å². The molecule has 0 spiro atoms. The number of hydrogen-bond acceptors (Lipinski definition) is 2. The molecule has 0 bridgehead atoms. The molecule has 0 aliphatic heterocycles. The van der Waals surface area contributed by atoms with E-state index in [1.54, 1.807) is 6.07 Å². The Morgan fingerprint density at radius 3 is 2.58 bits per heavy atom. The number of hydrogen-bond donors (Lipinski definition) is 1. The fourth-order valence-corrected chi connectivity index (χ4v) is 2.44. The van der Waals surface area contributed by atoms with E-state index in [1.165, 1.54) is 0 Å². The summed E-state index contributed by atoms with van der Waals surface area (Å²) in [4.78, 5) is 4.67. The molecule has 3 heteroatoms. The van der Waals surface area contributed by atoms with Crippen molar-refractivity contribution in [3.63, 3.8) is 0 Å². The van der Waals surface area contributed by atoms with Crippen molar-refractivity contribution < 1.29 is 5.11 Å². The summed E-state index contributed by atoms with van der Waals surface area (Å²) in [7, 11) is 0. The zero-order chi connectivity index (χ0) is 13.2. The monoisotopic (exact) mass is 252 g/mol. The summed E-state index contributed by atoms with van der Waals surface area (Å²) in [6.07, 6.45) is 0.648. The molecule has 1 aromatic heterocycles. The number of aryl methyl sites for hydroxylation is 1. The van der Waals surface area contributed by atoms with E-state index < -0.39 is 0 Å². The molecule has 3 rings (SSSR count). The first-order valence-corrected chi connectivity index (χ1v) is 6.50. The van der Waals surface area contributed by atoms with Crippen molar-refractivity contribution in [2.45, 2.75) is 19.9 Å².